The summed E-state index contributed by atoms with van der Waals surface area (Å²) in [6.07, 6.45) is 31.8. The number of rotatable bonds is 1. The maximum absolute atomic E-state index is 2.63. The third-order valence-corrected chi connectivity index (χ3v) is 6.01. The zero-order valence-electron chi connectivity index (χ0n) is 13.8. The monoisotopic (exact) mass is 350 g/mol. The summed E-state index contributed by atoms with van der Waals surface area (Å²) in [5.74, 6) is 5.17. The predicted octanol–water partition coefficient (Wildman–Crippen LogP) is 5.41. The van der Waals surface area contributed by atoms with Gasteiger partial charge in [0.15, 0.2) is 0 Å². The van der Waals surface area contributed by atoms with E-state index in [9.17, 15) is 0 Å². The van der Waals surface area contributed by atoms with E-state index in [0.717, 1.165) is 35.5 Å². The smallest absolute Gasteiger partial charge is 0.320 e. The molecule has 4 bridgehead atoms. The molecule has 1 heteroatoms. The molecule has 4 radical (unpaired) electrons. The molecular weight excluding hydrogens is 323 g/mol. The van der Waals surface area contributed by atoms with Gasteiger partial charge in [0, 0.05) is 0 Å². The number of fused-ring (bicyclic) bond motifs is 4. The quantitative estimate of drug-likeness (QED) is 0.336. The SMILES string of the molecule is C1=C[C@H]2C[C@@H]1[CH-]C2C1[CH-][C@@H]2C=C[C@H]1C2.[CH]1[CH]CC[CH][CH]CC1.[Ni+2]. The summed E-state index contributed by atoms with van der Waals surface area (Å²) >= 11 is 0. The summed E-state index contributed by atoms with van der Waals surface area (Å²) in [4.78, 5) is 0. The van der Waals surface area contributed by atoms with E-state index < -0.39 is 0 Å². The van der Waals surface area contributed by atoms with E-state index in [2.05, 4.69) is 62.8 Å². The Hall–Kier alpha value is -0.0265. The fraction of sp³-hybridized carbons (Fsp3) is 0.545. The first kappa shape index (κ1) is 17.8. The van der Waals surface area contributed by atoms with Crippen LogP contribution in [0, 0.1) is 74.0 Å². The number of hydrogen-bond acceptors (Lipinski definition) is 0. The molecule has 0 N–H and O–H groups in total. The van der Waals surface area contributed by atoms with Crippen LogP contribution in [0.5, 0.6) is 0 Å². The Labute approximate surface area is 153 Å². The average molecular weight is 351 g/mol. The van der Waals surface area contributed by atoms with E-state index in [1.807, 2.05) is 0 Å². The molecule has 5 aliphatic carbocycles. The van der Waals surface area contributed by atoms with Crippen molar-refractivity contribution in [3.05, 3.63) is 62.8 Å². The van der Waals surface area contributed by atoms with Crippen LogP contribution in [-0.2, 0) is 16.5 Å². The van der Waals surface area contributed by atoms with Gasteiger partial charge in [-0.3, -0.25) is 0 Å². The standard InChI is InChI=1S/C14H16.C8H12.Ni/c1-3-11-5-9(1)7-13(11)14-8-10-2-4-12(14)6-10;1-2-4-6-8-7-5-3-1;/h1-4,7-14H,5-6H2;1-2,7-8H,3-6H2;/q-2;;+2/t9-,10-,11+,12+,13?,14?;;/m1../s1. The molecule has 23 heavy (non-hydrogen) atoms. The second-order valence-electron chi connectivity index (χ2n) is 7.53. The van der Waals surface area contributed by atoms with E-state index in [0.29, 0.717) is 0 Å². The third-order valence-electron chi connectivity index (χ3n) is 6.01. The fourth-order valence-electron chi connectivity index (χ4n) is 4.91. The van der Waals surface area contributed by atoms with Gasteiger partial charge in [-0.15, -0.1) is 24.0 Å². The molecule has 0 spiro atoms. The summed E-state index contributed by atoms with van der Waals surface area (Å²) in [6.45, 7) is 0. The van der Waals surface area contributed by atoms with E-state index in [-0.39, 0.29) is 16.5 Å². The van der Waals surface area contributed by atoms with Gasteiger partial charge < -0.3 is 12.8 Å². The molecule has 2 unspecified atom stereocenters. The summed E-state index contributed by atoms with van der Waals surface area (Å²) < 4.78 is 0. The number of allylic oxidation sites excluding steroid dienone is 4. The van der Waals surface area contributed by atoms with Crippen molar-refractivity contribution in [3.8, 4) is 0 Å². The molecule has 0 aliphatic heterocycles. The molecule has 0 aromatic heterocycles. The van der Waals surface area contributed by atoms with Gasteiger partial charge in [0.1, 0.15) is 0 Å². The van der Waals surface area contributed by atoms with Crippen molar-refractivity contribution in [1.29, 1.82) is 0 Å². The molecule has 3 saturated carbocycles. The fourth-order valence-corrected chi connectivity index (χ4v) is 4.91. The third kappa shape index (κ3) is 4.15. The van der Waals surface area contributed by atoms with Crippen molar-refractivity contribution in [2.24, 2.45) is 35.5 Å². The summed E-state index contributed by atoms with van der Waals surface area (Å²) in [7, 11) is 0. The van der Waals surface area contributed by atoms with Gasteiger partial charge in [-0.05, 0) is 51.4 Å². The summed E-state index contributed by atoms with van der Waals surface area (Å²) in [6, 6.07) is 0. The summed E-state index contributed by atoms with van der Waals surface area (Å²) in [5, 5.41) is 0. The first-order chi connectivity index (χ1) is 10.9. The molecule has 0 amide bonds. The Bertz CT molecular complexity index is 368. The van der Waals surface area contributed by atoms with E-state index >= 15 is 0 Å². The van der Waals surface area contributed by atoms with Gasteiger partial charge in [-0.2, -0.15) is 11.8 Å². The first-order valence-electron chi connectivity index (χ1n) is 9.27. The molecule has 5 aliphatic rings. The van der Waals surface area contributed by atoms with Crippen molar-refractivity contribution in [2.45, 2.75) is 38.5 Å². The van der Waals surface area contributed by atoms with Crippen LogP contribution in [0.1, 0.15) is 38.5 Å². The van der Waals surface area contributed by atoms with E-state index in [1.54, 1.807) is 0 Å². The van der Waals surface area contributed by atoms with Crippen LogP contribution in [0.3, 0.4) is 0 Å². The first-order valence-corrected chi connectivity index (χ1v) is 9.27. The van der Waals surface area contributed by atoms with E-state index in [1.165, 1.54) is 38.5 Å². The minimum atomic E-state index is 0. The molecule has 0 heterocycles. The number of hydrogen-bond donors (Lipinski definition) is 0. The van der Waals surface area contributed by atoms with Crippen LogP contribution in [0.15, 0.2) is 24.3 Å². The zero-order valence-corrected chi connectivity index (χ0v) is 14.8. The Kier molecular flexibility index (Phi) is 6.48. The van der Waals surface area contributed by atoms with Gasteiger partial charge in [-0.25, -0.2) is 0 Å². The van der Waals surface area contributed by atoms with Crippen LogP contribution < -0.4 is 0 Å². The molecule has 3 fully saturated rings. The maximum Gasteiger partial charge on any atom is 2.00 e. The second kappa shape index (κ2) is 8.37. The van der Waals surface area contributed by atoms with Crippen molar-refractivity contribution in [2.75, 3.05) is 0 Å². The molecule has 0 aromatic rings. The van der Waals surface area contributed by atoms with Crippen LogP contribution in [0.4, 0.5) is 0 Å². The van der Waals surface area contributed by atoms with Gasteiger partial charge in [0.25, 0.3) is 0 Å². The van der Waals surface area contributed by atoms with Gasteiger partial charge in [0.05, 0.1) is 0 Å². The van der Waals surface area contributed by atoms with Crippen molar-refractivity contribution in [3.63, 3.8) is 0 Å². The van der Waals surface area contributed by atoms with E-state index in [4.69, 9.17) is 0 Å². The molecule has 0 saturated heterocycles. The van der Waals surface area contributed by atoms with Crippen LogP contribution in [-0.4, -0.2) is 0 Å². The molecule has 5 rings (SSSR count). The Morgan fingerprint density at radius 3 is 1.22 bits per heavy atom. The van der Waals surface area contributed by atoms with Gasteiger partial charge >= 0.3 is 16.5 Å². The predicted molar refractivity (Wildman–Crippen MR) is 92.7 cm³/mol. The minimum absolute atomic E-state index is 0. The normalized spacial score (nSPS) is 43.5. The summed E-state index contributed by atoms with van der Waals surface area (Å²) in [5.41, 5.74) is 0. The zero-order chi connectivity index (χ0) is 14.8. The topological polar surface area (TPSA) is 0 Å². The largest absolute Gasteiger partial charge is 2.00 e. The second-order valence-corrected chi connectivity index (χ2v) is 7.53. The molecular formula is C22H28Ni. The molecule has 126 valence electrons. The van der Waals surface area contributed by atoms with Crippen molar-refractivity contribution >= 4 is 0 Å². The maximum atomic E-state index is 2.63. The Morgan fingerprint density at radius 1 is 0.565 bits per heavy atom. The van der Waals surface area contributed by atoms with Gasteiger partial charge in [-0.1, -0.05) is 36.8 Å². The van der Waals surface area contributed by atoms with Crippen molar-refractivity contribution < 1.29 is 16.5 Å². The molecule has 0 nitrogen and oxygen atoms in total. The minimum Gasteiger partial charge on any atom is -0.320 e. The molecule has 0 aromatic carbocycles. The van der Waals surface area contributed by atoms with Crippen molar-refractivity contribution in [1.82, 2.24) is 0 Å². The Morgan fingerprint density at radius 2 is 0.957 bits per heavy atom. The molecule has 6 atom stereocenters. The average Bonchev–Trinajstić information content (AvgIpc) is 3.27. The van der Waals surface area contributed by atoms with Crippen LogP contribution in [0.2, 0.25) is 0 Å². The van der Waals surface area contributed by atoms with Gasteiger partial charge in [0.2, 0.25) is 0 Å². The Balaban J connectivity index is 0.000000151. The van der Waals surface area contributed by atoms with Crippen LogP contribution in [0.25, 0.3) is 0 Å². The van der Waals surface area contributed by atoms with Crippen LogP contribution >= 0.6 is 0 Å².